The Morgan fingerprint density at radius 3 is 2.61 bits per heavy atom. The van der Waals surface area contributed by atoms with Gasteiger partial charge in [-0.15, -0.1) is 0 Å². The highest BCUT2D eigenvalue weighted by atomic mass is 79.9. The van der Waals surface area contributed by atoms with Crippen LogP contribution in [0, 0.1) is 0 Å². The lowest BCUT2D eigenvalue weighted by molar-refractivity contribution is 1.46. The highest BCUT2D eigenvalue weighted by Crippen LogP contribution is 2.29. The Kier molecular flexibility index (Phi) is 3.14. The lowest BCUT2D eigenvalue weighted by Crippen LogP contribution is -1.88. The molecule has 2 nitrogen and oxygen atoms in total. The van der Waals surface area contributed by atoms with Gasteiger partial charge in [0, 0.05) is 31.7 Å². The topological polar surface area (TPSA) is 27.8 Å². The number of halogens is 2. The average molecular weight is 366 g/mol. The summed E-state index contributed by atoms with van der Waals surface area (Å²) in [7, 11) is 0. The Morgan fingerprint density at radius 1 is 0.944 bits per heavy atom. The van der Waals surface area contributed by atoms with E-state index in [1.807, 2.05) is 30.5 Å². The molecule has 0 bridgehead atoms. The summed E-state index contributed by atoms with van der Waals surface area (Å²) in [4.78, 5) is 3.26. The van der Waals surface area contributed by atoms with E-state index in [9.17, 15) is 0 Å². The highest BCUT2D eigenvalue weighted by molar-refractivity contribution is 9.10. The molecule has 18 heavy (non-hydrogen) atoms. The van der Waals surface area contributed by atoms with Crippen LogP contribution < -0.4 is 5.32 Å². The molecule has 0 radical (unpaired) electrons. The van der Waals surface area contributed by atoms with E-state index in [0.717, 1.165) is 25.8 Å². The second kappa shape index (κ2) is 4.78. The number of rotatable bonds is 2. The molecule has 0 aliphatic rings. The van der Waals surface area contributed by atoms with Crippen molar-refractivity contribution >= 4 is 54.1 Å². The van der Waals surface area contributed by atoms with Crippen LogP contribution in [0.25, 0.3) is 10.9 Å². The molecular formula is C14H10Br2N2. The molecule has 0 fully saturated rings. The summed E-state index contributed by atoms with van der Waals surface area (Å²) in [5.74, 6) is 0. The monoisotopic (exact) mass is 364 g/mol. The van der Waals surface area contributed by atoms with E-state index < -0.39 is 0 Å². The van der Waals surface area contributed by atoms with Gasteiger partial charge in [0.2, 0.25) is 0 Å². The summed E-state index contributed by atoms with van der Waals surface area (Å²) < 4.78 is 2.14. The summed E-state index contributed by atoms with van der Waals surface area (Å²) in [6, 6.07) is 14.3. The van der Waals surface area contributed by atoms with E-state index in [-0.39, 0.29) is 0 Å². The van der Waals surface area contributed by atoms with Crippen molar-refractivity contribution in [2.75, 3.05) is 5.32 Å². The van der Waals surface area contributed by atoms with Crippen molar-refractivity contribution in [3.05, 3.63) is 57.6 Å². The van der Waals surface area contributed by atoms with Crippen LogP contribution in [0.15, 0.2) is 57.6 Å². The molecule has 0 saturated carbocycles. The van der Waals surface area contributed by atoms with Gasteiger partial charge in [-0.05, 0) is 36.4 Å². The molecule has 2 aromatic carbocycles. The van der Waals surface area contributed by atoms with Crippen molar-refractivity contribution in [2.24, 2.45) is 0 Å². The van der Waals surface area contributed by atoms with Crippen molar-refractivity contribution < 1.29 is 0 Å². The number of aromatic amines is 1. The van der Waals surface area contributed by atoms with Crippen molar-refractivity contribution in [3.63, 3.8) is 0 Å². The lowest BCUT2D eigenvalue weighted by atomic mass is 10.2. The molecule has 3 rings (SSSR count). The predicted molar refractivity (Wildman–Crippen MR) is 83.4 cm³/mol. The lowest BCUT2D eigenvalue weighted by Gasteiger charge is -2.05. The van der Waals surface area contributed by atoms with E-state index in [2.05, 4.69) is 60.4 Å². The summed E-state index contributed by atoms with van der Waals surface area (Å²) in [5.41, 5.74) is 3.25. The highest BCUT2D eigenvalue weighted by Gasteiger charge is 2.04. The quantitative estimate of drug-likeness (QED) is 0.622. The van der Waals surface area contributed by atoms with Gasteiger partial charge in [-0.1, -0.05) is 37.9 Å². The molecule has 0 unspecified atom stereocenters. The number of nitrogens with one attached hydrogen (secondary N) is 2. The first kappa shape index (κ1) is 11.8. The van der Waals surface area contributed by atoms with Crippen LogP contribution in [-0.4, -0.2) is 4.98 Å². The number of aromatic nitrogens is 1. The fraction of sp³-hybridized carbons (Fsp3) is 0. The van der Waals surface area contributed by atoms with Crippen molar-refractivity contribution in [1.82, 2.24) is 4.98 Å². The molecule has 0 amide bonds. The molecule has 0 aliphatic carbocycles. The summed E-state index contributed by atoms with van der Waals surface area (Å²) in [5, 5.41) is 4.58. The van der Waals surface area contributed by atoms with Crippen LogP contribution in [0.3, 0.4) is 0 Å². The summed E-state index contributed by atoms with van der Waals surface area (Å²) in [6.45, 7) is 0. The van der Waals surface area contributed by atoms with Crippen molar-refractivity contribution in [2.45, 2.75) is 0 Å². The Labute approximate surface area is 122 Å². The second-order valence-corrected chi connectivity index (χ2v) is 5.86. The largest absolute Gasteiger partial charge is 0.359 e. The van der Waals surface area contributed by atoms with Gasteiger partial charge in [-0.2, -0.15) is 0 Å². The minimum absolute atomic E-state index is 1.06. The van der Waals surface area contributed by atoms with Crippen LogP contribution in [0.1, 0.15) is 0 Å². The molecule has 0 aliphatic heterocycles. The molecular weight excluding hydrogens is 356 g/mol. The van der Waals surface area contributed by atoms with Crippen molar-refractivity contribution in [3.8, 4) is 0 Å². The molecule has 0 atom stereocenters. The van der Waals surface area contributed by atoms with Crippen molar-refractivity contribution in [1.29, 1.82) is 0 Å². The van der Waals surface area contributed by atoms with Crippen LogP contribution in [0.5, 0.6) is 0 Å². The molecule has 0 saturated heterocycles. The third-order valence-electron chi connectivity index (χ3n) is 2.75. The van der Waals surface area contributed by atoms with Crippen LogP contribution in [-0.2, 0) is 0 Å². The van der Waals surface area contributed by atoms with Gasteiger partial charge >= 0.3 is 0 Å². The van der Waals surface area contributed by atoms with E-state index >= 15 is 0 Å². The van der Waals surface area contributed by atoms with E-state index in [0.29, 0.717) is 0 Å². The third-order valence-corrected chi connectivity index (χ3v) is 3.73. The zero-order valence-electron chi connectivity index (χ0n) is 9.37. The van der Waals surface area contributed by atoms with Crippen LogP contribution in [0.4, 0.5) is 11.4 Å². The molecule has 4 heteroatoms. The number of H-pyrrole nitrogens is 1. The molecule has 1 heterocycles. The number of benzene rings is 2. The van der Waals surface area contributed by atoms with Gasteiger partial charge < -0.3 is 10.3 Å². The molecule has 90 valence electrons. The fourth-order valence-corrected chi connectivity index (χ4v) is 2.68. The normalized spacial score (nSPS) is 10.8. The average Bonchev–Trinajstić information content (AvgIpc) is 2.72. The number of anilines is 2. The van der Waals surface area contributed by atoms with Crippen LogP contribution in [0.2, 0.25) is 0 Å². The molecule has 1 aromatic heterocycles. The van der Waals surface area contributed by atoms with Gasteiger partial charge in [0.15, 0.2) is 0 Å². The number of fused-ring (bicyclic) bond motifs is 1. The maximum Gasteiger partial charge on any atom is 0.0642 e. The Morgan fingerprint density at radius 2 is 1.78 bits per heavy atom. The van der Waals surface area contributed by atoms with Gasteiger partial charge in [-0.3, -0.25) is 0 Å². The van der Waals surface area contributed by atoms with E-state index in [4.69, 9.17) is 0 Å². The smallest absolute Gasteiger partial charge is 0.0642 e. The van der Waals surface area contributed by atoms with Gasteiger partial charge in [-0.25, -0.2) is 0 Å². The first-order valence-electron chi connectivity index (χ1n) is 5.51. The minimum Gasteiger partial charge on any atom is -0.359 e. The maximum atomic E-state index is 3.50. The predicted octanol–water partition coefficient (Wildman–Crippen LogP) is 5.44. The zero-order valence-corrected chi connectivity index (χ0v) is 12.5. The second-order valence-electron chi connectivity index (χ2n) is 4.03. The number of hydrogen-bond donors (Lipinski definition) is 2. The third kappa shape index (κ3) is 2.31. The Bertz CT molecular complexity index is 704. The fourth-order valence-electron chi connectivity index (χ4n) is 1.92. The molecule has 2 N–H and O–H groups in total. The number of hydrogen-bond acceptors (Lipinski definition) is 1. The first-order valence-corrected chi connectivity index (χ1v) is 7.10. The standard InChI is InChI=1S/C14H10Br2N2/c15-9-2-1-3-11(6-9)18-14-8-17-13-5-4-10(16)7-12(13)14/h1-8,17-18H. The van der Waals surface area contributed by atoms with Gasteiger partial charge in [0.05, 0.1) is 5.69 Å². The first-order chi connectivity index (χ1) is 8.72. The Balaban J connectivity index is 2.02. The van der Waals surface area contributed by atoms with Gasteiger partial charge in [0.25, 0.3) is 0 Å². The Hall–Kier alpha value is -1.26. The molecule has 0 spiro atoms. The minimum atomic E-state index is 1.06. The maximum absolute atomic E-state index is 3.50. The van der Waals surface area contributed by atoms with E-state index in [1.54, 1.807) is 0 Å². The van der Waals surface area contributed by atoms with Crippen LogP contribution >= 0.6 is 31.9 Å². The summed E-state index contributed by atoms with van der Waals surface area (Å²) >= 11 is 6.97. The zero-order chi connectivity index (χ0) is 12.5. The summed E-state index contributed by atoms with van der Waals surface area (Å²) in [6.07, 6.45) is 1.98. The van der Waals surface area contributed by atoms with E-state index in [1.165, 1.54) is 5.39 Å². The molecule has 3 aromatic rings. The van der Waals surface area contributed by atoms with Gasteiger partial charge in [0.1, 0.15) is 0 Å². The SMILES string of the molecule is Brc1cccc(Nc2c[nH]c3ccc(Br)cc23)c1.